The van der Waals surface area contributed by atoms with Crippen LogP contribution < -0.4 is 0 Å². The number of carbonyl (C=O) groups is 1. The monoisotopic (exact) mass is 280 g/mol. The summed E-state index contributed by atoms with van der Waals surface area (Å²) in [5, 5.41) is 0. The molecule has 0 bridgehead atoms. The van der Waals surface area contributed by atoms with Gasteiger partial charge in [-0.3, -0.25) is 4.79 Å². The van der Waals surface area contributed by atoms with E-state index in [4.69, 9.17) is 9.15 Å². The number of hydrogen-bond donors (Lipinski definition) is 0. The Kier molecular flexibility index (Phi) is 3.72. The van der Waals surface area contributed by atoms with Gasteiger partial charge in [0.2, 0.25) is 0 Å². The number of Topliss-reactive ketones (excluding diaryl/α,β-unsaturated/α-hetero) is 1. The van der Waals surface area contributed by atoms with Gasteiger partial charge in [-0.15, -0.1) is 0 Å². The largest absolute Gasteiger partial charge is 0.469 e. The third-order valence-corrected chi connectivity index (χ3v) is 5.38. The van der Waals surface area contributed by atoms with Crippen molar-refractivity contribution in [3.05, 3.63) is 23.7 Å². The fourth-order valence-electron chi connectivity index (χ4n) is 3.20. The topological polar surface area (TPSA) is 39.4 Å². The number of furan rings is 1. The SMILES string of the molecule is Cc1occc1C(=O)C1CCOC2(CCSCC2)C1. The number of thioether (sulfide) groups is 1. The Morgan fingerprint density at radius 3 is 2.89 bits per heavy atom. The highest BCUT2D eigenvalue weighted by Gasteiger charge is 2.41. The van der Waals surface area contributed by atoms with E-state index in [0.717, 1.165) is 55.1 Å². The minimum absolute atomic E-state index is 0.0263. The molecule has 1 atom stereocenters. The van der Waals surface area contributed by atoms with E-state index in [1.807, 2.05) is 18.7 Å². The Balaban J connectivity index is 1.74. The van der Waals surface area contributed by atoms with E-state index in [2.05, 4.69) is 0 Å². The molecule has 2 saturated heterocycles. The second kappa shape index (κ2) is 5.33. The Hall–Kier alpha value is -0.740. The summed E-state index contributed by atoms with van der Waals surface area (Å²) in [5.74, 6) is 3.40. The van der Waals surface area contributed by atoms with Crippen molar-refractivity contribution in [1.82, 2.24) is 0 Å². The average molecular weight is 280 g/mol. The molecule has 1 aromatic heterocycles. The van der Waals surface area contributed by atoms with Gasteiger partial charge in [0.05, 0.1) is 17.4 Å². The number of ether oxygens (including phenoxy) is 1. The highest BCUT2D eigenvalue weighted by molar-refractivity contribution is 7.99. The van der Waals surface area contributed by atoms with Crippen molar-refractivity contribution in [3.63, 3.8) is 0 Å². The second-order valence-corrected chi connectivity index (χ2v) is 6.81. The van der Waals surface area contributed by atoms with Crippen LogP contribution in [0.25, 0.3) is 0 Å². The Morgan fingerprint density at radius 1 is 1.42 bits per heavy atom. The summed E-state index contributed by atoms with van der Waals surface area (Å²) in [4.78, 5) is 12.6. The highest BCUT2D eigenvalue weighted by Crippen LogP contribution is 2.40. The third kappa shape index (κ3) is 2.61. The van der Waals surface area contributed by atoms with Crippen LogP contribution in [-0.2, 0) is 4.74 Å². The van der Waals surface area contributed by atoms with Crippen molar-refractivity contribution in [2.24, 2.45) is 5.92 Å². The van der Waals surface area contributed by atoms with Crippen LogP contribution in [0.4, 0.5) is 0 Å². The minimum atomic E-state index is -0.0263. The normalized spacial score (nSPS) is 26.5. The first kappa shape index (κ1) is 13.3. The molecular formula is C15H20O3S. The van der Waals surface area contributed by atoms with Gasteiger partial charge in [-0.05, 0) is 50.2 Å². The van der Waals surface area contributed by atoms with Crippen LogP contribution in [0, 0.1) is 12.8 Å². The standard InChI is InChI=1S/C15H20O3S/c1-11-13(3-6-17-11)14(16)12-2-7-18-15(10-12)4-8-19-9-5-15/h3,6,12H,2,4-5,7-10H2,1H3. The maximum absolute atomic E-state index is 12.6. The van der Waals surface area contributed by atoms with E-state index in [9.17, 15) is 4.79 Å². The predicted molar refractivity (Wildman–Crippen MR) is 75.7 cm³/mol. The summed E-state index contributed by atoms with van der Waals surface area (Å²) in [6, 6.07) is 1.80. The molecule has 1 aromatic rings. The molecule has 3 rings (SSSR count). The first-order valence-corrected chi connectivity index (χ1v) is 8.16. The van der Waals surface area contributed by atoms with E-state index in [0.29, 0.717) is 0 Å². The number of hydrogen-bond acceptors (Lipinski definition) is 4. The van der Waals surface area contributed by atoms with Crippen LogP contribution in [0.2, 0.25) is 0 Å². The van der Waals surface area contributed by atoms with Crippen LogP contribution in [0.3, 0.4) is 0 Å². The molecule has 1 spiro atoms. The lowest BCUT2D eigenvalue weighted by Crippen LogP contribution is -2.44. The van der Waals surface area contributed by atoms with Crippen LogP contribution in [0.5, 0.6) is 0 Å². The fraction of sp³-hybridized carbons (Fsp3) is 0.667. The molecule has 0 aliphatic carbocycles. The first-order valence-electron chi connectivity index (χ1n) is 7.00. The molecule has 0 radical (unpaired) electrons. The molecule has 4 heteroatoms. The molecule has 3 heterocycles. The zero-order valence-electron chi connectivity index (χ0n) is 11.3. The van der Waals surface area contributed by atoms with E-state index >= 15 is 0 Å². The van der Waals surface area contributed by atoms with E-state index in [1.165, 1.54) is 0 Å². The average Bonchev–Trinajstić information content (AvgIpc) is 2.85. The number of carbonyl (C=O) groups excluding carboxylic acids is 1. The summed E-state index contributed by atoms with van der Waals surface area (Å²) in [6.07, 6.45) is 5.52. The molecule has 104 valence electrons. The van der Waals surface area contributed by atoms with Crippen LogP contribution in [0.1, 0.15) is 41.8 Å². The van der Waals surface area contributed by atoms with Crippen molar-refractivity contribution in [1.29, 1.82) is 0 Å². The highest BCUT2D eigenvalue weighted by atomic mass is 32.2. The molecule has 3 nitrogen and oxygen atoms in total. The molecular weight excluding hydrogens is 260 g/mol. The summed E-state index contributed by atoms with van der Waals surface area (Å²) in [6.45, 7) is 2.58. The van der Waals surface area contributed by atoms with Gasteiger partial charge in [0.1, 0.15) is 5.76 Å². The van der Waals surface area contributed by atoms with Crippen LogP contribution >= 0.6 is 11.8 Å². The zero-order chi connectivity index (χ0) is 13.3. The van der Waals surface area contributed by atoms with Gasteiger partial charge in [-0.25, -0.2) is 0 Å². The number of aryl methyl sites for hydroxylation is 1. The van der Waals surface area contributed by atoms with Crippen molar-refractivity contribution in [2.75, 3.05) is 18.1 Å². The van der Waals surface area contributed by atoms with Crippen molar-refractivity contribution in [3.8, 4) is 0 Å². The molecule has 1 unspecified atom stereocenters. The van der Waals surface area contributed by atoms with Gasteiger partial charge in [-0.2, -0.15) is 11.8 Å². The Bertz CT molecular complexity index is 454. The van der Waals surface area contributed by atoms with Crippen LogP contribution in [-0.4, -0.2) is 29.5 Å². The summed E-state index contributed by atoms with van der Waals surface area (Å²) >= 11 is 1.99. The lowest BCUT2D eigenvalue weighted by molar-refractivity contribution is -0.0959. The second-order valence-electron chi connectivity index (χ2n) is 5.59. The molecule has 0 saturated carbocycles. The van der Waals surface area contributed by atoms with Gasteiger partial charge in [0, 0.05) is 12.5 Å². The Labute approximate surface area is 118 Å². The molecule has 2 fully saturated rings. The van der Waals surface area contributed by atoms with E-state index in [1.54, 1.807) is 12.3 Å². The summed E-state index contributed by atoms with van der Waals surface area (Å²) in [5.41, 5.74) is 0.730. The van der Waals surface area contributed by atoms with Gasteiger partial charge in [0.25, 0.3) is 0 Å². The summed E-state index contributed by atoms with van der Waals surface area (Å²) in [7, 11) is 0. The van der Waals surface area contributed by atoms with Gasteiger partial charge >= 0.3 is 0 Å². The smallest absolute Gasteiger partial charge is 0.169 e. The zero-order valence-corrected chi connectivity index (χ0v) is 12.1. The first-order chi connectivity index (χ1) is 9.20. The van der Waals surface area contributed by atoms with E-state index < -0.39 is 0 Å². The molecule has 0 aromatic carbocycles. The maximum Gasteiger partial charge on any atom is 0.169 e. The van der Waals surface area contributed by atoms with Crippen LogP contribution in [0.15, 0.2) is 16.7 Å². The summed E-state index contributed by atoms with van der Waals surface area (Å²) < 4.78 is 11.3. The van der Waals surface area contributed by atoms with Crippen molar-refractivity contribution < 1.29 is 13.9 Å². The van der Waals surface area contributed by atoms with E-state index in [-0.39, 0.29) is 17.3 Å². The minimum Gasteiger partial charge on any atom is -0.469 e. The van der Waals surface area contributed by atoms with Gasteiger partial charge in [-0.1, -0.05) is 0 Å². The molecule has 19 heavy (non-hydrogen) atoms. The lowest BCUT2D eigenvalue weighted by atomic mass is 9.79. The molecule has 2 aliphatic rings. The van der Waals surface area contributed by atoms with Gasteiger partial charge in [0.15, 0.2) is 5.78 Å². The Morgan fingerprint density at radius 2 is 2.21 bits per heavy atom. The molecule has 0 N–H and O–H groups in total. The van der Waals surface area contributed by atoms with Crippen molar-refractivity contribution in [2.45, 2.75) is 38.2 Å². The number of rotatable bonds is 2. The molecule has 0 amide bonds. The maximum atomic E-state index is 12.6. The lowest BCUT2D eigenvalue weighted by Gasteiger charge is -2.42. The third-order valence-electron chi connectivity index (χ3n) is 4.39. The van der Waals surface area contributed by atoms with Gasteiger partial charge < -0.3 is 9.15 Å². The quantitative estimate of drug-likeness (QED) is 0.778. The predicted octanol–water partition coefficient (Wildman–Crippen LogP) is 3.46. The molecule has 2 aliphatic heterocycles. The number of ketones is 1. The fourth-order valence-corrected chi connectivity index (χ4v) is 4.44. The van der Waals surface area contributed by atoms with Crippen molar-refractivity contribution >= 4 is 17.5 Å².